The van der Waals surface area contributed by atoms with Crippen molar-refractivity contribution in [2.75, 3.05) is 6.61 Å². The monoisotopic (exact) mass is 220 g/mol. The molecular weight excluding hydrogens is 208 g/mol. The predicted octanol–water partition coefficient (Wildman–Crippen LogP) is 3.11. The normalized spacial score (nSPS) is 12.6. The van der Waals surface area contributed by atoms with Crippen molar-refractivity contribution in [3.8, 4) is 0 Å². The number of benzene rings is 1. The number of thioether (sulfide) groups is 1. The fourth-order valence-electron chi connectivity index (χ4n) is 1.33. The van der Waals surface area contributed by atoms with E-state index < -0.39 is 0 Å². The van der Waals surface area contributed by atoms with Gasteiger partial charge in [-0.1, -0.05) is 18.2 Å². The lowest BCUT2D eigenvalue weighted by Gasteiger charge is -2.11. The average molecular weight is 220 g/mol. The van der Waals surface area contributed by atoms with E-state index in [4.69, 9.17) is 4.42 Å². The van der Waals surface area contributed by atoms with Crippen LogP contribution in [0.2, 0.25) is 0 Å². The van der Waals surface area contributed by atoms with E-state index in [0.29, 0.717) is 0 Å². The van der Waals surface area contributed by atoms with Crippen LogP contribution in [-0.4, -0.2) is 11.7 Å². The highest BCUT2D eigenvalue weighted by molar-refractivity contribution is 7.99. The van der Waals surface area contributed by atoms with E-state index in [2.05, 4.69) is 0 Å². The lowest BCUT2D eigenvalue weighted by molar-refractivity contribution is 0.296. The zero-order valence-corrected chi connectivity index (χ0v) is 8.98. The second-order valence-electron chi connectivity index (χ2n) is 3.16. The fraction of sp³-hybridized carbons (Fsp3) is 0.167. The van der Waals surface area contributed by atoms with Crippen LogP contribution in [0.4, 0.5) is 0 Å². The first kappa shape index (κ1) is 10.3. The van der Waals surface area contributed by atoms with Crippen molar-refractivity contribution in [3.63, 3.8) is 0 Å². The first-order valence-corrected chi connectivity index (χ1v) is 5.63. The van der Waals surface area contributed by atoms with Crippen LogP contribution < -0.4 is 0 Å². The molecule has 78 valence electrons. The average Bonchev–Trinajstić information content (AvgIpc) is 2.81. The van der Waals surface area contributed by atoms with Crippen molar-refractivity contribution < 1.29 is 9.52 Å². The molecule has 1 atom stereocenters. The molecule has 3 heteroatoms. The Morgan fingerprint density at radius 1 is 1.20 bits per heavy atom. The van der Waals surface area contributed by atoms with Gasteiger partial charge in [0.15, 0.2) is 0 Å². The number of furan rings is 1. The Balaban J connectivity index is 2.10. The third kappa shape index (κ3) is 2.64. The van der Waals surface area contributed by atoms with Gasteiger partial charge in [-0.15, -0.1) is 11.8 Å². The maximum Gasteiger partial charge on any atom is 0.0946 e. The van der Waals surface area contributed by atoms with E-state index in [9.17, 15) is 5.11 Å². The minimum atomic E-state index is 0.0474. The molecule has 2 aromatic rings. The van der Waals surface area contributed by atoms with Crippen LogP contribution in [0.1, 0.15) is 10.8 Å². The summed E-state index contributed by atoms with van der Waals surface area (Å²) in [7, 11) is 0. The molecule has 1 aromatic heterocycles. The van der Waals surface area contributed by atoms with Crippen molar-refractivity contribution in [1.29, 1.82) is 0 Å². The zero-order valence-electron chi connectivity index (χ0n) is 8.17. The van der Waals surface area contributed by atoms with Crippen molar-refractivity contribution in [1.82, 2.24) is 0 Å². The number of aliphatic hydroxyl groups is 1. The van der Waals surface area contributed by atoms with Gasteiger partial charge in [0.25, 0.3) is 0 Å². The van der Waals surface area contributed by atoms with Crippen molar-refractivity contribution in [2.24, 2.45) is 0 Å². The highest BCUT2D eigenvalue weighted by Crippen LogP contribution is 2.34. The molecule has 0 fully saturated rings. The van der Waals surface area contributed by atoms with Gasteiger partial charge in [0, 0.05) is 10.5 Å². The van der Waals surface area contributed by atoms with E-state index in [1.807, 2.05) is 36.4 Å². The van der Waals surface area contributed by atoms with Gasteiger partial charge in [0.1, 0.15) is 0 Å². The Bertz CT molecular complexity index is 383. The molecule has 0 aliphatic heterocycles. The third-order valence-corrected chi connectivity index (χ3v) is 3.35. The predicted molar refractivity (Wildman–Crippen MR) is 60.8 cm³/mol. The zero-order chi connectivity index (χ0) is 10.5. The molecule has 0 spiro atoms. The topological polar surface area (TPSA) is 33.4 Å². The van der Waals surface area contributed by atoms with Crippen LogP contribution in [0, 0.1) is 0 Å². The van der Waals surface area contributed by atoms with Crippen molar-refractivity contribution in [3.05, 3.63) is 54.5 Å². The highest BCUT2D eigenvalue weighted by Gasteiger charge is 2.12. The smallest absolute Gasteiger partial charge is 0.0946 e. The molecule has 1 aromatic carbocycles. The quantitative estimate of drug-likeness (QED) is 0.804. The van der Waals surface area contributed by atoms with Crippen LogP contribution >= 0.6 is 11.8 Å². The van der Waals surface area contributed by atoms with Crippen LogP contribution in [0.25, 0.3) is 0 Å². The molecule has 1 heterocycles. The molecule has 2 nitrogen and oxygen atoms in total. The molecule has 0 saturated heterocycles. The Labute approximate surface area is 92.9 Å². The molecule has 15 heavy (non-hydrogen) atoms. The summed E-state index contributed by atoms with van der Waals surface area (Å²) < 4.78 is 5.01. The molecule has 0 aliphatic carbocycles. The van der Waals surface area contributed by atoms with Crippen molar-refractivity contribution in [2.45, 2.75) is 10.1 Å². The number of rotatable bonds is 4. The van der Waals surface area contributed by atoms with Gasteiger partial charge in [0.05, 0.1) is 24.4 Å². The molecule has 2 rings (SSSR count). The molecule has 1 unspecified atom stereocenters. The van der Waals surface area contributed by atoms with E-state index in [-0.39, 0.29) is 11.9 Å². The fourth-order valence-corrected chi connectivity index (χ4v) is 2.32. The van der Waals surface area contributed by atoms with Crippen LogP contribution in [0.3, 0.4) is 0 Å². The van der Waals surface area contributed by atoms with Crippen molar-refractivity contribution >= 4 is 11.8 Å². The standard InChI is InChI=1S/C12H12O2S/c13-8-12(10-6-7-14-9-10)15-11-4-2-1-3-5-11/h1-7,9,12-13H,8H2. The van der Waals surface area contributed by atoms with Crippen LogP contribution in [0.15, 0.2) is 58.2 Å². The molecule has 0 bridgehead atoms. The summed E-state index contributed by atoms with van der Waals surface area (Å²) in [5.74, 6) is 0. The number of hydrogen-bond acceptors (Lipinski definition) is 3. The van der Waals surface area contributed by atoms with Gasteiger partial charge in [-0.2, -0.15) is 0 Å². The molecule has 0 radical (unpaired) electrons. The summed E-state index contributed by atoms with van der Waals surface area (Å²) in [6.07, 6.45) is 3.31. The van der Waals surface area contributed by atoms with Gasteiger partial charge in [-0.25, -0.2) is 0 Å². The molecule has 1 N–H and O–H groups in total. The highest BCUT2D eigenvalue weighted by atomic mass is 32.2. The van der Waals surface area contributed by atoms with Crippen LogP contribution in [-0.2, 0) is 0 Å². The maximum absolute atomic E-state index is 9.30. The van der Waals surface area contributed by atoms with Gasteiger partial charge in [-0.3, -0.25) is 0 Å². The van der Waals surface area contributed by atoms with Crippen LogP contribution in [0.5, 0.6) is 0 Å². The maximum atomic E-state index is 9.30. The summed E-state index contributed by atoms with van der Waals surface area (Å²) in [6, 6.07) is 11.9. The summed E-state index contributed by atoms with van der Waals surface area (Å²) in [5, 5.41) is 9.34. The van der Waals surface area contributed by atoms with E-state index >= 15 is 0 Å². The Kier molecular flexibility index (Phi) is 3.48. The van der Waals surface area contributed by atoms with Gasteiger partial charge in [-0.05, 0) is 18.2 Å². The second kappa shape index (κ2) is 5.05. The summed E-state index contributed by atoms with van der Waals surface area (Å²) in [4.78, 5) is 1.15. The largest absolute Gasteiger partial charge is 0.472 e. The molecular formula is C12H12O2S. The minimum absolute atomic E-state index is 0.0474. The van der Waals surface area contributed by atoms with E-state index in [1.54, 1.807) is 24.3 Å². The number of hydrogen-bond donors (Lipinski definition) is 1. The minimum Gasteiger partial charge on any atom is -0.472 e. The van der Waals surface area contributed by atoms with E-state index in [0.717, 1.165) is 10.5 Å². The summed E-state index contributed by atoms with van der Waals surface area (Å²) in [6.45, 7) is 0.110. The lowest BCUT2D eigenvalue weighted by atomic mass is 10.2. The van der Waals surface area contributed by atoms with Gasteiger partial charge >= 0.3 is 0 Å². The Morgan fingerprint density at radius 2 is 2.00 bits per heavy atom. The third-order valence-electron chi connectivity index (χ3n) is 2.10. The number of aliphatic hydroxyl groups excluding tert-OH is 1. The lowest BCUT2D eigenvalue weighted by Crippen LogP contribution is -1.97. The first-order chi connectivity index (χ1) is 7.40. The first-order valence-electron chi connectivity index (χ1n) is 4.75. The van der Waals surface area contributed by atoms with Gasteiger partial charge < -0.3 is 9.52 Å². The molecule has 0 aliphatic rings. The second-order valence-corrected chi connectivity index (χ2v) is 4.43. The molecule has 0 saturated carbocycles. The molecule has 0 amide bonds. The summed E-state index contributed by atoms with van der Waals surface area (Å²) >= 11 is 1.64. The SMILES string of the molecule is OCC(Sc1ccccc1)c1ccoc1. The van der Waals surface area contributed by atoms with E-state index in [1.165, 1.54) is 0 Å². The Hall–Kier alpha value is -1.19. The Morgan fingerprint density at radius 3 is 2.60 bits per heavy atom. The summed E-state index contributed by atoms with van der Waals surface area (Å²) in [5.41, 5.74) is 1.02. The van der Waals surface area contributed by atoms with Gasteiger partial charge in [0.2, 0.25) is 0 Å².